The molecule has 0 saturated carbocycles. The van der Waals surface area contributed by atoms with Gasteiger partial charge in [0.1, 0.15) is 12.4 Å². The number of amides is 2. The molecule has 0 spiro atoms. The monoisotopic (exact) mass is 469 g/mol. The number of hydrogen-bond acceptors (Lipinski definition) is 4. The average molecular weight is 471 g/mol. The van der Waals surface area contributed by atoms with Gasteiger partial charge in [0.15, 0.2) is 0 Å². The van der Waals surface area contributed by atoms with Crippen LogP contribution < -0.4 is 15.5 Å². The fourth-order valence-electron chi connectivity index (χ4n) is 1.87. The van der Waals surface area contributed by atoms with Gasteiger partial charge < -0.3 is 10.1 Å². The van der Waals surface area contributed by atoms with E-state index in [2.05, 4.69) is 38.4 Å². The van der Waals surface area contributed by atoms with Crippen LogP contribution in [0.15, 0.2) is 58.6 Å². The van der Waals surface area contributed by atoms with Crippen LogP contribution in [0.5, 0.6) is 5.75 Å². The smallest absolute Gasteiger partial charge is 0.329 e. The second kappa shape index (κ2) is 10.1. The first kappa shape index (κ1) is 21.0. The van der Waals surface area contributed by atoms with Crippen LogP contribution in [0, 0.1) is 0 Å². The highest BCUT2D eigenvalue weighted by molar-refractivity contribution is 9.10. The van der Waals surface area contributed by atoms with Crippen molar-refractivity contribution in [2.24, 2.45) is 5.10 Å². The van der Waals surface area contributed by atoms with E-state index in [0.29, 0.717) is 28.6 Å². The lowest BCUT2D eigenvalue weighted by Gasteiger charge is -2.07. The van der Waals surface area contributed by atoms with E-state index in [-0.39, 0.29) is 5.02 Å². The number of hydrazone groups is 1. The summed E-state index contributed by atoms with van der Waals surface area (Å²) in [5, 5.41) is 6.78. The normalized spacial score (nSPS) is 10.5. The summed E-state index contributed by atoms with van der Waals surface area (Å²) in [4.78, 5) is 23.8. The number of carbonyl (C=O) groups is 2. The summed E-state index contributed by atoms with van der Waals surface area (Å²) in [6, 6.07) is 9.76. The zero-order valence-corrected chi connectivity index (χ0v) is 16.9. The lowest BCUT2D eigenvalue weighted by Crippen LogP contribution is -2.32. The van der Waals surface area contributed by atoms with E-state index in [1.54, 1.807) is 24.3 Å². The molecule has 0 saturated heterocycles. The van der Waals surface area contributed by atoms with Crippen molar-refractivity contribution in [3.8, 4) is 5.75 Å². The van der Waals surface area contributed by atoms with Gasteiger partial charge in [0.25, 0.3) is 0 Å². The molecule has 2 N–H and O–H groups in total. The van der Waals surface area contributed by atoms with Crippen LogP contribution in [-0.4, -0.2) is 24.6 Å². The van der Waals surface area contributed by atoms with Crippen LogP contribution in [0.25, 0.3) is 0 Å². The summed E-state index contributed by atoms with van der Waals surface area (Å²) in [5.41, 5.74) is 3.09. The SMILES string of the molecule is C=CCOc1ccc(Br)cc1/C=N\NC(=O)C(=O)Nc1ccc(Cl)c(Cl)c1. The van der Waals surface area contributed by atoms with Crippen LogP contribution in [0.2, 0.25) is 10.0 Å². The minimum atomic E-state index is -0.944. The van der Waals surface area contributed by atoms with Crippen molar-refractivity contribution in [1.29, 1.82) is 0 Å². The first-order valence-corrected chi connectivity index (χ1v) is 9.08. The fourth-order valence-corrected chi connectivity index (χ4v) is 2.55. The molecule has 27 heavy (non-hydrogen) atoms. The Labute approximate surface area is 174 Å². The van der Waals surface area contributed by atoms with Gasteiger partial charge >= 0.3 is 11.8 Å². The third-order valence-corrected chi connectivity index (χ3v) is 4.31. The number of anilines is 1. The lowest BCUT2D eigenvalue weighted by atomic mass is 10.2. The van der Waals surface area contributed by atoms with Crippen LogP contribution >= 0.6 is 39.1 Å². The molecule has 2 aromatic carbocycles. The lowest BCUT2D eigenvalue weighted by molar-refractivity contribution is -0.136. The van der Waals surface area contributed by atoms with Gasteiger partial charge in [-0.3, -0.25) is 9.59 Å². The van der Waals surface area contributed by atoms with E-state index in [0.717, 1.165) is 4.47 Å². The van der Waals surface area contributed by atoms with Gasteiger partial charge in [0.05, 0.1) is 16.3 Å². The third-order valence-electron chi connectivity index (χ3n) is 3.08. The van der Waals surface area contributed by atoms with Crippen LogP contribution in [0.3, 0.4) is 0 Å². The van der Waals surface area contributed by atoms with Crippen molar-refractivity contribution < 1.29 is 14.3 Å². The Morgan fingerprint density at radius 3 is 2.63 bits per heavy atom. The van der Waals surface area contributed by atoms with Crippen molar-refractivity contribution in [1.82, 2.24) is 5.43 Å². The number of halogens is 3. The molecule has 0 aliphatic heterocycles. The molecule has 0 fully saturated rings. The summed E-state index contributed by atoms with van der Waals surface area (Å²) < 4.78 is 6.30. The Hall–Kier alpha value is -2.35. The van der Waals surface area contributed by atoms with Gasteiger partial charge in [-0.15, -0.1) is 0 Å². The molecule has 0 bridgehead atoms. The highest BCUT2D eigenvalue weighted by Crippen LogP contribution is 2.25. The average Bonchev–Trinajstić information content (AvgIpc) is 2.64. The van der Waals surface area contributed by atoms with Crippen molar-refractivity contribution in [3.63, 3.8) is 0 Å². The minimum Gasteiger partial charge on any atom is -0.489 e. The predicted octanol–water partition coefficient (Wildman–Crippen LogP) is 4.41. The van der Waals surface area contributed by atoms with Gasteiger partial charge in [-0.2, -0.15) is 5.10 Å². The zero-order valence-electron chi connectivity index (χ0n) is 13.8. The second-order valence-electron chi connectivity index (χ2n) is 5.06. The Bertz CT molecular complexity index is 903. The fraction of sp³-hybridized carbons (Fsp3) is 0.0556. The molecular weight excluding hydrogens is 457 g/mol. The van der Waals surface area contributed by atoms with E-state index in [4.69, 9.17) is 27.9 Å². The standard InChI is InChI=1S/C18H14BrCl2N3O3/c1-2-7-27-16-6-3-12(19)8-11(16)10-22-24-18(26)17(25)23-13-4-5-14(20)15(21)9-13/h2-6,8-10H,1,7H2,(H,23,25)(H,24,26)/b22-10-. The quantitative estimate of drug-likeness (QED) is 0.284. The summed E-state index contributed by atoms with van der Waals surface area (Å²) in [6.45, 7) is 3.91. The minimum absolute atomic E-state index is 0.259. The highest BCUT2D eigenvalue weighted by Gasteiger charge is 2.13. The van der Waals surface area contributed by atoms with Gasteiger partial charge in [-0.1, -0.05) is 51.8 Å². The van der Waals surface area contributed by atoms with Crippen LogP contribution in [0.1, 0.15) is 5.56 Å². The number of nitrogens with zero attached hydrogens (tertiary/aromatic N) is 1. The molecule has 2 aromatic rings. The van der Waals surface area contributed by atoms with E-state index >= 15 is 0 Å². The molecule has 0 radical (unpaired) electrons. The predicted molar refractivity (Wildman–Crippen MR) is 111 cm³/mol. The number of hydrogen-bond donors (Lipinski definition) is 2. The molecule has 0 aliphatic rings. The van der Waals surface area contributed by atoms with Crippen molar-refractivity contribution in [2.75, 3.05) is 11.9 Å². The number of carbonyl (C=O) groups excluding carboxylic acids is 2. The molecule has 2 rings (SSSR count). The van der Waals surface area contributed by atoms with Crippen LogP contribution in [0.4, 0.5) is 5.69 Å². The summed E-state index contributed by atoms with van der Waals surface area (Å²) in [7, 11) is 0. The number of rotatable bonds is 6. The maximum atomic E-state index is 11.9. The van der Waals surface area contributed by atoms with Crippen molar-refractivity contribution in [2.45, 2.75) is 0 Å². The molecule has 0 unspecified atom stereocenters. The van der Waals surface area contributed by atoms with E-state index in [1.165, 1.54) is 24.4 Å². The van der Waals surface area contributed by atoms with Gasteiger partial charge in [-0.25, -0.2) is 5.43 Å². The molecule has 140 valence electrons. The number of ether oxygens (including phenoxy) is 1. The Morgan fingerprint density at radius 1 is 1.15 bits per heavy atom. The highest BCUT2D eigenvalue weighted by atomic mass is 79.9. The number of benzene rings is 2. The van der Waals surface area contributed by atoms with Gasteiger partial charge in [0.2, 0.25) is 0 Å². The molecule has 0 heterocycles. The Balaban J connectivity index is 1.99. The van der Waals surface area contributed by atoms with Gasteiger partial charge in [0, 0.05) is 15.7 Å². The van der Waals surface area contributed by atoms with Crippen molar-refractivity contribution >= 4 is 62.8 Å². The third kappa shape index (κ3) is 6.39. The van der Waals surface area contributed by atoms with E-state index in [1.807, 2.05) is 0 Å². The number of nitrogens with one attached hydrogen (secondary N) is 2. The van der Waals surface area contributed by atoms with E-state index < -0.39 is 11.8 Å². The molecule has 0 aliphatic carbocycles. The van der Waals surface area contributed by atoms with E-state index in [9.17, 15) is 9.59 Å². The maximum absolute atomic E-state index is 11.9. The Kier molecular flexibility index (Phi) is 7.84. The maximum Gasteiger partial charge on any atom is 0.329 e. The molecule has 6 nitrogen and oxygen atoms in total. The summed E-state index contributed by atoms with van der Waals surface area (Å²) in [5.74, 6) is -1.29. The molecule has 2 amide bonds. The Morgan fingerprint density at radius 2 is 1.93 bits per heavy atom. The summed E-state index contributed by atoms with van der Waals surface area (Å²) in [6.07, 6.45) is 2.98. The molecule has 0 atom stereocenters. The largest absolute Gasteiger partial charge is 0.489 e. The summed E-state index contributed by atoms with van der Waals surface area (Å²) >= 11 is 15.0. The zero-order chi connectivity index (χ0) is 19.8. The molecule has 9 heteroatoms. The molecule has 0 aromatic heterocycles. The van der Waals surface area contributed by atoms with Gasteiger partial charge in [-0.05, 0) is 36.4 Å². The van der Waals surface area contributed by atoms with Crippen molar-refractivity contribution in [3.05, 3.63) is 69.1 Å². The topological polar surface area (TPSA) is 79.8 Å². The second-order valence-corrected chi connectivity index (χ2v) is 6.79. The molecular formula is C18H14BrCl2N3O3. The first-order valence-electron chi connectivity index (χ1n) is 7.53. The van der Waals surface area contributed by atoms with Crippen LogP contribution in [-0.2, 0) is 9.59 Å². The first-order chi connectivity index (χ1) is 12.9.